The van der Waals surface area contributed by atoms with E-state index in [0.717, 1.165) is 11.1 Å². The Hall–Kier alpha value is -1.18. The average molecular weight is 281 g/mol. The lowest BCUT2D eigenvalue weighted by molar-refractivity contribution is 0.303. The van der Waals surface area contributed by atoms with E-state index in [1.807, 2.05) is 36.4 Å². The monoisotopic (exact) mass is 280 g/mol. The van der Waals surface area contributed by atoms with Crippen LogP contribution < -0.4 is 4.74 Å². The van der Waals surface area contributed by atoms with Gasteiger partial charge in [0.05, 0.1) is 10.9 Å². The Morgan fingerprint density at radius 3 is 2.44 bits per heavy atom. The summed E-state index contributed by atoms with van der Waals surface area (Å²) < 4.78 is 5.81. The molecule has 0 saturated heterocycles. The molecule has 0 amide bonds. The van der Waals surface area contributed by atoms with E-state index in [4.69, 9.17) is 27.9 Å². The summed E-state index contributed by atoms with van der Waals surface area (Å²) in [5.41, 5.74) is 3.27. The second-order valence-electron chi connectivity index (χ2n) is 4.08. The lowest BCUT2D eigenvalue weighted by atomic mass is 10.1. The van der Waals surface area contributed by atoms with Crippen molar-refractivity contribution < 1.29 is 4.74 Å². The topological polar surface area (TPSA) is 9.23 Å². The van der Waals surface area contributed by atoms with Crippen LogP contribution in [-0.2, 0) is 12.5 Å². The first-order valence-electron chi connectivity index (χ1n) is 5.73. The van der Waals surface area contributed by atoms with Crippen LogP contribution in [0.3, 0.4) is 0 Å². The molecule has 2 rings (SSSR count). The van der Waals surface area contributed by atoms with E-state index >= 15 is 0 Å². The SMILES string of the molecule is Cc1ccccc1COc1c(Cl)cccc1CCl. The Balaban J connectivity index is 2.18. The molecule has 1 nitrogen and oxygen atoms in total. The molecule has 2 aromatic rings. The van der Waals surface area contributed by atoms with Crippen LogP contribution in [0.2, 0.25) is 5.02 Å². The van der Waals surface area contributed by atoms with Crippen LogP contribution in [0.4, 0.5) is 0 Å². The summed E-state index contributed by atoms with van der Waals surface area (Å²) in [5.74, 6) is 1.07. The lowest BCUT2D eigenvalue weighted by Gasteiger charge is -2.12. The molecule has 0 radical (unpaired) electrons. The molecule has 0 spiro atoms. The van der Waals surface area contributed by atoms with Gasteiger partial charge in [-0.3, -0.25) is 0 Å². The number of hydrogen-bond donors (Lipinski definition) is 0. The van der Waals surface area contributed by atoms with Gasteiger partial charge in [0.2, 0.25) is 0 Å². The van der Waals surface area contributed by atoms with Crippen molar-refractivity contribution in [2.45, 2.75) is 19.4 Å². The van der Waals surface area contributed by atoms with Gasteiger partial charge in [-0.25, -0.2) is 0 Å². The minimum Gasteiger partial charge on any atom is -0.487 e. The van der Waals surface area contributed by atoms with Crippen molar-refractivity contribution in [3.63, 3.8) is 0 Å². The minimum atomic E-state index is 0.393. The van der Waals surface area contributed by atoms with E-state index in [1.54, 1.807) is 0 Å². The highest BCUT2D eigenvalue weighted by molar-refractivity contribution is 6.32. The standard InChI is InChI=1S/C15H14Cl2O/c1-11-5-2-3-6-13(11)10-18-15-12(9-16)7-4-8-14(15)17/h2-8H,9-10H2,1H3. The summed E-state index contributed by atoms with van der Waals surface area (Å²) in [6.07, 6.45) is 0. The van der Waals surface area contributed by atoms with Gasteiger partial charge < -0.3 is 4.74 Å². The average Bonchev–Trinajstić information content (AvgIpc) is 2.39. The Bertz CT molecular complexity index is 538. The largest absolute Gasteiger partial charge is 0.487 e. The molecule has 0 saturated carbocycles. The fraction of sp³-hybridized carbons (Fsp3) is 0.200. The summed E-state index contributed by atoms with van der Waals surface area (Å²) >= 11 is 12.0. The highest BCUT2D eigenvalue weighted by atomic mass is 35.5. The van der Waals surface area contributed by atoms with E-state index in [-0.39, 0.29) is 0 Å². The number of alkyl halides is 1. The zero-order valence-electron chi connectivity index (χ0n) is 10.1. The number of halogens is 2. The van der Waals surface area contributed by atoms with Gasteiger partial charge in [-0.05, 0) is 24.1 Å². The number of ether oxygens (including phenoxy) is 1. The normalized spacial score (nSPS) is 10.4. The van der Waals surface area contributed by atoms with Crippen LogP contribution in [0.25, 0.3) is 0 Å². The molecular formula is C15H14Cl2O. The second-order valence-corrected chi connectivity index (χ2v) is 4.75. The molecule has 3 heteroatoms. The van der Waals surface area contributed by atoms with E-state index in [9.17, 15) is 0 Å². The number of hydrogen-bond acceptors (Lipinski definition) is 1. The van der Waals surface area contributed by atoms with E-state index in [2.05, 4.69) is 13.0 Å². The Kier molecular flexibility index (Phi) is 4.51. The quantitative estimate of drug-likeness (QED) is 0.719. The lowest BCUT2D eigenvalue weighted by Crippen LogP contribution is -2.00. The molecule has 0 aliphatic heterocycles. The van der Waals surface area contributed by atoms with Crippen LogP contribution >= 0.6 is 23.2 Å². The summed E-state index contributed by atoms with van der Waals surface area (Å²) in [4.78, 5) is 0. The molecular weight excluding hydrogens is 267 g/mol. The van der Waals surface area contributed by atoms with Gasteiger partial charge in [0.15, 0.2) is 0 Å². The van der Waals surface area contributed by atoms with E-state index in [1.165, 1.54) is 5.56 Å². The molecule has 0 bridgehead atoms. The molecule has 0 aliphatic carbocycles. The van der Waals surface area contributed by atoms with Crippen LogP contribution in [0.5, 0.6) is 5.75 Å². The molecule has 0 atom stereocenters. The smallest absolute Gasteiger partial charge is 0.142 e. The van der Waals surface area contributed by atoms with Crippen LogP contribution in [0, 0.1) is 6.92 Å². The van der Waals surface area contributed by atoms with Crippen molar-refractivity contribution in [1.29, 1.82) is 0 Å². The third kappa shape index (κ3) is 2.98. The van der Waals surface area contributed by atoms with Crippen LogP contribution in [0.15, 0.2) is 42.5 Å². The zero-order valence-corrected chi connectivity index (χ0v) is 11.6. The third-order valence-corrected chi connectivity index (χ3v) is 3.41. The molecule has 0 N–H and O–H groups in total. The van der Waals surface area contributed by atoms with Gasteiger partial charge in [-0.15, -0.1) is 11.6 Å². The Morgan fingerprint density at radius 1 is 1.00 bits per heavy atom. The van der Waals surface area contributed by atoms with Gasteiger partial charge in [0.1, 0.15) is 12.4 Å². The Morgan fingerprint density at radius 2 is 1.72 bits per heavy atom. The van der Waals surface area contributed by atoms with E-state index in [0.29, 0.717) is 23.3 Å². The van der Waals surface area contributed by atoms with Gasteiger partial charge in [0.25, 0.3) is 0 Å². The first-order valence-corrected chi connectivity index (χ1v) is 6.64. The van der Waals surface area contributed by atoms with Gasteiger partial charge in [0, 0.05) is 5.56 Å². The summed E-state index contributed by atoms with van der Waals surface area (Å²) in [7, 11) is 0. The summed E-state index contributed by atoms with van der Waals surface area (Å²) in [6.45, 7) is 2.56. The molecule has 0 heterocycles. The predicted molar refractivity (Wildman–Crippen MR) is 76.5 cm³/mol. The number of para-hydroxylation sites is 1. The highest BCUT2D eigenvalue weighted by Crippen LogP contribution is 2.30. The number of aryl methyl sites for hydroxylation is 1. The van der Waals surface area contributed by atoms with Crippen molar-refractivity contribution >= 4 is 23.2 Å². The third-order valence-electron chi connectivity index (χ3n) is 2.83. The fourth-order valence-corrected chi connectivity index (χ4v) is 2.20. The Labute approximate surface area is 117 Å². The molecule has 18 heavy (non-hydrogen) atoms. The van der Waals surface area contributed by atoms with Crippen molar-refractivity contribution in [3.05, 3.63) is 64.2 Å². The first-order chi connectivity index (χ1) is 8.72. The summed E-state index contributed by atoms with van der Waals surface area (Å²) in [6, 6.07) is 13.7. The molecule has 0 aliphatic rings. The van der Waals surface area contributed by atoms with Crippen molar-refractivity contribution in [2.75, 3.05) is 0 Å². The van der Waals surface area contributed by atoms with E-state index < -0.39 is 0 Å². The maximum atomic E-state index is 6.13. The molecule has 0 aromatic heterocycles. The number of benzene rings is 2. The van der Waals surface area contributed by atoms with Gasteiger partial charge in [-0.1, -0.05) is 48.0 Å². The zero-order chi connectivity index (χ0) is 13.0. The highest BCUT2D eigenvalue weighted by Gasteiger charge is 2.08. The maximum Gasteiger partial charge on any atom is 0.142 e. The van der Waals surface area contributed by atoms with Crippen molar-refractivity contribution in [3.8, 4) is 5.75 Å². The van der Waals surface area contributed by atoms with Crippen molar-refractivity contribution in [1.82, 2.24) is 0 Å². The van der Waals surface area contributed by atoms with Crippen LogP contribution in [-0.4, -0.2) is 0 Å². The second kappa shape index (κ2) is 6.12. The van der Waals surface area contributed by atoms with Crippen molar-refractivity contribution in [2.24, 2.45) is 0 Å². The number of rotatable bonds is 4. The van der Waals surface area contributed by atoms with Crippen LogP contribution in [0.1, 0.15) is 16.7 Å². The maximum absolute atomic E-state index is 6.13. The molecule has 0 unspecified atom stereocenters. The molecule has 0 fully saturated rings. The molecule has 2 aromatic carbocycles. The molecule has 94 valence electrons. The predicted octanol–water partition coefficient (Wildman–Crippen LogP) is 4.97. The van der Waals surface area contributed by atoms with Gasteiger partial charge in [-0.2, -0.15) is 0 Å². The fourth-order valence-electron chi connectivity index (χ4n) is 1.74. The first kappa shape index (κ1) is 13.3. The van der Waals surface area contributed by atoms with Gasteiger partial charge >= 0.3 is 0 Å². The minimum absolute atomic E-state index is 0.393. The summed E-state index contributed by atoms with van der Waals surface area (Å²) in [5, 5.41) is 0.599.